The van der Waals surface area contributed by atoms with E-state index in [9.17, 15) is 14.4 Å². The highest BCUT2D eigenvalue weighted by atomic mass is 32.2. The molecular weight excluding hydrogens is 380 g/mol. The lowest BCUT2D eigenvalue weighted by molar-refractivity contribution is -0.141. The first-order valence-electron chi connectivity index (χ1n) is 9.19. The number of esters is 2. The standard InChI is InChI=1S/C20H26N2O5S/c1-5-14-18(19(24)26-6-2)15(22-20(25)21-14)10-27-17(23)11-28-16-9-12(3)7-8-13(16)4/h7-9,14H,5-6,10-11H2,1-4H3,(H2,21,22,25)/t14-/m1/s1. The molecule has 28 heavy (non-hydrogen) atoms. The number of hydrogen-bond donors (Lipinski definition) is 2. The van der Waals surface area contributed by atoms with E-state index in [0.717, 1.165) is 16.0 Å². The maximum absolute atomic E-state index is 12.3. The summed E-state index contributed by atoms with van der Waals surface area (Å²) in [5.41, 5.74) is 2.76. The Morgan fingerprint density at radius 1 is 1.18 bits per heavy atom. The smallest absolute Gasteiger partial charge is 0.338 e. The van der Waals surface area contributed by atoms with Crippen molar-refractivity contribution in [2.75, 3.05) is 19.0 Å². The summed E-state index contributed by atoms with van der Waals surface area (Å²) in [5, 5.41) is 5.24. The number of aryl methyl sites for hydroxylation is 2. The number of carbonyl (C=O) groups is 3. The third-order valence-electron chi connectivity index (χ3n) is 4.21. The number of nitrogens with one attached hydrogen (secondary N) is 2. The normalized spacial score (nSPS) is 16.3. The first-order chi connectivity index (χ1) is 13.3. The molecule has 7 nitrogen and oxygen atoms in total. The highest BCUT2D eigenvalue weighted by Gasteiger charge is 2.31. The Morgan fingerprint density at radius 3 is 2.61 bits per heavy atom. The minimum atomic E-state index is -0.530. The van der Waals surface area contributed by atoms with Crippen LogP contribution in [0, 0.1) is 13.8 Å². The average Bonchev–Trinajstić information content (AvgIpc) is 2.66. The predicted molar refractivity (Wildman–Crippen MR) is 107 cm³/mol. The van der Waals surface area contributed by atoms with E-state index in [-0.39, 0.29) is 24.7 Å². The average molecular weight is 407 g/mol. The fourth-order valence-electron chi connectivity index (χ4n) is 2.77. The predicted octanol–water partition coefficient (Wildman–Crippen LogP) is 2.85. The third kappa shape index (κ3) is 5.76. The maximum Gasteiger partial charge on any atom is 0.338 e. The zero-order valence-corrected chi connectivity index (χ0v) is 17.4. The van der Waals surface area contributed by atoms with Gasteiger partial charge < -0.3 is 20.1 Å². The van der Waals surface area contributed by atoms with Crippen LogP contribution >= 0.6 is 11.8 Å². The Balaban J connectivity index is 2.04. The van der Waals surface area contributed by atoms with Crippen molar-refractivity contribution in [3.63, 3.8) is 0 Å². The van der Waals surface area contributed by atoms with Crippen molar-refractivity contribution >= 4 is 29.7 Å². The van der Waals surface area contributed by atoms with Crippen LogP contribution in [0.1, 0.15) is 31.4 Å². The summed E-state index contributed by atoms with van der Waals surface area (Å²) in [4.78, 5) is 37.3. The van der Waals surface area contributed by atoms with Gasteiger partial charge in [0.15, 0.2) is 0 Å². The summed E-state index contributed by atoms with van der Waals surface area (Å²) >= 11 is 1.39. The summed E-state index contributed by atoms with van der Waals surface area (Å²) in [6.07, 6.45) is 0.515. The number of urea groups is 1. The van der Waals surface area contributed by atoms with Crippen LogP contribution in [0.2, 0.25) is 0 Å². The van der Waals surface area contributed by atoms with Gasteiger partial charge >= 0.3 is 18.0 Å². The Morgan fingerprint density at radius 2 is 1.93 bits per heavy atom. The van der Waals surface area contributed by atoms with Gasteiger partial charge in [0.25, 0.3) is 0 Å². The summed E-state index contributed by atoms with van der Waals surface area (Å²) in [7, 11) is 0. The van der Waals surface area contributed by atoms with Gasteiger partial charge in [-0.15, -0.1) is 11.8 Å². The number of rotatable bonds is 8. The van der Waals surface area contributed by atoms with Crippen LogP contribution in [0.25, 0.3) is 0 Å². The van der Waals surface area contributed by atoms with E-state index < -0.39 is 24.0 Å². The van der Waals surface area contributed by atoms with E-state index in [0.29, 0.717) is 12.0 Å². The van der Waals surface area contributed by atoms with Crippen molar-refractivity contribution in [2.45, 2.75) is 45.1 Å². The number of amides is 2. The van der Waals surface area contributed by atoms with E-state index in [1.807, 2.05) is 39.0 Å². The van der Waals surface area contributed by atoms with Crippen LogP contribution in [0.4, 0.5) is 4.79 Å². The second kappa shape index (κ2) is 10.2. The Kier molecular flexibility index (Phi) is 7.92. The van der Waals surface area contributed by atoms with Crippen molar-refractivity contribution < 1.29 is 23.9 Å². The van der Waals surface area contributed by atoms with Crippen molar-refractivity contribution in [2.24, 2.45) is 0 Å². The number of hydrogen-bond acceptors (Lipinski definition) is 6. The molecule has 0 aromatic heterocycles. The van der Waals surface area contributed by atoms with Gasteiger partial charge in [0, 0.05) is 4.90 Å². The minimum Gasteiger partial charge on any atom is -0.463 e. The summed E-state index contributed by atoms with van der Waals surface area (Å²) in [6.45, 7) is 7.56. The van der Waals surface area contributed by atoms with Gasteiger partial charge in [0.1, 0.15) is 6.61 Å². The van der Waals surface area contributed by atoms with Gasteiger partial charge in [-0.25, -0.2) is 9.59 Å². The molecule has 0 bridgehead atoms. The monoisotopic (exact) mass is 406 g/mol. The summed E-state index contributed by atoms with van der Waals surface area (Å²) in [5.74, 6) is -0.824. The first-order valence-corrected chi connectivity index (χ1v) is 10.2. The van der Waals surface area contributed by atoms with Gasteiger partial charge in [-0.3, -0.25) is 4.79 Å². The fourth-order valence-corrected chi connectivity index (χ4v) is 3.69. The zero-order chi connectivity index (χ0) is 20.7. The van der Waals surface area contributed by atoms with E-state index in [1.165, 1.54) is 11.8 Å². The van der Waals surface area contributed by atoms with Gasteiger partial charge in [-0.05, 0) is 38.8 Å². The van der Waals surface area contributed by atoms with Gasteiger partial charge in [-0.1, -0.05) is 24.6 Å². The number of benzene rings is 1. The SMILES string of the molecule is CCOC(=O)C1=C(COC(=O)CSc2cc(C)ccc2C)NC(=O)N[C@@H]1CC. The van der Waals surface area contributed by atoms with Crippen molar-refractivity contribution in [3.8, 4) is 0 Å². The summed E-state index contributed by atoms with van der Waals surface area (Å²) in [6, 6.07) is 5.13. The molecule has 1 aliphatic heterocycles. The Hall–Kier alpha value is -2.48. The van der Waals surface area contributed by atoms with Crippen LogP contribution in [0.15, 0.2) is 34.4 Å². The van der Waals surface area contributed by atoms with E-state index >= 15 is 0 Å². The lowest BCUT2D eigenvalue weighted by Gasteiger charge is -2.28. The lowest BCUT2D eigenvalue weighted by Crippen LogP contribution is -2.51. The Bertz CT molecular complexity index is 791. The van der Waals surface area contributed by atoms with E-state index in [2.05, 4.69) is 10.6 Å². The Labute approximate surface area is 169 Å². The molecule has 0 unspecified atom stereocenters. The fraction of sp³-hybridized carbons (Fsp3) is 0.450. The van der Waals surface area contributed by atoms with E-state index in [4.69, 9.17) is 9.47 Å². The van der Waals surface area contributed by atoms with Crippen LogP contribution in [0.5, 0.6) is 0 Å². The molecule has 1 aromatic rings. The highest BCUT2D eigenvalue weighted by Crippen LogP contribution is 2.24. The molecular formula is C20H26N2O5S. The van der Waals surface area contributed by atoms with Gasteiger partial charge in [0.05, 0.1) is 29.7 Å². The molecule has 152 valence electrons. The van der Waals surface area contributed by atoms with Crippen molar-refractivity contribution in [3.05, 3.63) is 40.6 Å². The number of carbonyl (C=O) groups excluding carboxylic acids is 3. The molecule has 1 aliphatic rings. The van der Waals surface area contributed by atoms with Crippen LogP contribution in [0.3, 0.4) is 0 Å². The largest absolute Gasteiger partial charge is 0.463 e. The zero-order valence-electron chi connectivity index (χ0n) is 16.6. The molecule has 2 N–H and O–H groups in total. The highest BCUT2D eigenvalue weighted by molar-refractivity contribution is 8.00. The molecule has 1 aromatic carbocycles. The number of ether oxygens (including phenoxy) is 2. The van der Waals surface area contributed by atoms with E-state index in [1.54, 1.807) is 6.92 Å². The van der Waals surface area contributed by atoms with Gasteiger partial charge in [0.2, 0.25) is 0 Å². The molecule has 8 heteroatoms. The third-order valence-corrected chi connectivity index (χ3v) is 5.34. The molecule has 1 heterocycles. The molecule has 0 spiro atoms. The van der Waals surface area contributed by atoms with Crippen LogP contribution in [-0.4, -0.2) is 43.0 Å². The van der Waals surface area contributed by atoms with Crippen LogP contribution < -0.4 is 10.6 Å². The second-order valence-electron chi connectivity index (χ2n) is 6.39. The lowest BCUT2D eigenvalue weighted by atomic mass is 10.0. The molecule has 0 radical (unpaired) electrons. The summed E-state index contributed by atoms with van der Waals surface area (Å²) < 4.78 is 10.4. The topological polar surface area (TPSA) is 93.7 Å². The van der Waals surface area contributed by atoms with Gasteiger partial charge in [-0.2, -0.15) is 0 Å². The van der Waals surface area contributed by atoms with Crippen LogP contribution in [-0.2, 0) is 19.1 Å². The molecule has 0 saturated carbocycles. The minimum absolute atomic E-state index is 0.135. The molecule has 1 atom stereocenters. The first kappa shape index (κ1) is 21.8. The molecule has 0 fully saturated rings. The maximum atomic E-state index is 12.3. The van der Waals surface area contributed by atoms with Crippen molar-refractivity contribution in [1.82, 2.24) is 10.6 Å². The molecule has 0 aliphatic carbocycles. The number of thioether (sulfide) groups is 1. The molecule has 0 saturated heterocycles. The molecule has 2 amide bonds. The second-order valence-corrected chi connectivity index (χ2v) is 7.41. The molecule has 2 rings (SSSR count). The quantitative estimate of drug-likeness (QED) is 0.509. The van der Waals surface area contributed by atoms with Crippen molar-refractivity contribution in [1.29, 1.82) is 0 Å².